The molecule has 1 aromatic carbocycles. The van der Waals surface area contributed by atoms with Gasteiger partial charge in [-0.1, -0.05) is 0 Å². The van der Waals surface area contributed by atoms with Gasteiger partial charge in [-0.05, 0) is 17.7 Å². The fraction of sp³-hybridized carbons (Fsp3) is 0.250. The van der Waals surface area contributed by atoms with Crippen molar-refractivity contribution in [2.75, 3.05) is 6.54 Å². The molecule has 0 spiro atoms. The van der Waals surface area contributed by atoms with Crippen LogP contribution < -0.4 is 0 Å². The number of hydrogen-bond donors (Lipinski definition) is 0. The number of benzene rings is 1. The third-order valence-corrected chi connectivity index (χ3v) is 2.00. The lowest BCUT2D eigenvalue weighted by atomic mass is 10.1. The van der Waals surface area contributed by atoms with Crippen LogP contribution >= 0.6 is 0 Å². The first-order valence-corrected chi connectivity index (χ1v) is 4.57. The number of hydrogen-bond acceptors (Lipinski definition) is 7. The van der Waals surface area contributed by atoms with Crippen molar-refractivity contribution in [1.82, 2.24) is 0 Å². The zero-order chi connectivity index (χ0) is 13.7. The Hall–Kier alpha value is -2.78. The van der Waals surface area contributed by atoms with Crippen LogP contribution in [0.4, 0.5) is 5.69 Å². The molecule has 1 rings (SSSR count). The van der Waals surface area contributed by atoms with Gasteiger partial charge in [0.15, 0.2) is 6.10 Å². The Balaban J connectivity index is 2.93. The average molecular weight is 259 g/mol. The third-order valence-electron chi connectivity index (χ3n) is 2.00. The van der Waals surface area contributed by atoms with Crippen LogP contribution in [-0.4, -0.2) is 21.5 Å². The SMILES string of the molecule is O=[N+]([O-])c1ccc(C(C[15N+](=O)[O-])O[15N+](=O)[O-])cc1. The van der Waals surface area contributed by atoms with Crippen molar-refractivity contribution in [3.05, 3.63) is 60.2 Å². The predicted molar refractivity (Wildman–Crippen MR) is 55.8 cm³/mol. The van der Waals surface area contributed by atoms with Crippen molar-refractivity contribution < 1.29 is 19.8 Å². The van der Waals surface area contributed by atoms with Gasteiger partial charge in [-0.25, -0.2) is 0 Å². The lowest BCUT2D eigenvalue weighted by Gasteiger charge is -2.10. The second kappa shape index (κ2) is 5.52. The molecule has 96 valence electrons. The Morgan fingerprint density at radius 1 is 1.06 bits per heavy atom. The maximum atomic E-state index is 10.4. The molecule has 1 unspecified atom stereocenters. The summed E-state index contributed by atoms with van der Waals surface area (Å²) >= 11 is 0. The van der Waals surface area contributed by atoms with E-state index >= 15 is 0 Å². The highest BCUT2D eigenvalue weighted by atomic mass is 17.2. The van der Waals surface area contributed by atoms with Crippen LogP contribution in [0.2, 0.25) is 0 Å². The molecule has 0 radical (unpaired) electrons. The molecule has 0 N–H and O–H groups in total. The van der Waals surface area contributed by atoms with Gasteiger partial charge in [0, 0.05) is 17.1 Å². The van der Waals surface area contributed by atoms with Gasteiger partial charge < -0.3 is 0 Å². The van der Waals surface area contributed by atoms with Crippen molar-refractivity contribution >= 4 is 5.69 Å². The number of nitrogens with zero attached hydrogens (tertiary/aromatic N) is 3. The van der Waals surface area contributed by atoms with Gasteiger partial charge in [0.2, 0.25) is 6.54 Å². The highest BCUT2D eigenvalue weighted by molar-refractivity contribution is 5.33. The maximum Gasteiger partial charge on any atom is 0.295 e. The van der Waals surface area contributed by atoms with E-state index in [1.165, 1.54) is 12.1 Å². The van der Waals surface area contributed by atoms with E-state index in [-0.39, 0.29) is 11.3 Å². The van der Waals surface area contributed by atoms with Gasteiger partial charge in [-0.2, -0.15) is 0 Å². The fourth-order valence-electron chi connectivity index (χ4n) is 1.25. The maximum absolute atomic E-state index is 10.4. The first kappa shape index (κ1) is 13.3. The van der Waals surface area contributed by atoms with Crippen LogP contribution in [0, 0.1) is 30.3 Å². The van der Waals surface area contributed by atoms with Crippen molar-refractivity contribution in [2.24, 2.45) is 0 Å². The lowest BCUT2D eigenvalue weighted by molar-refractivity contribution is -0.777. The molecule has 0 amide bonds. The number of rotatable bonds is 6. The molecule has 0 fully saturated rings. The normalized spacial score (nSPS) is 11.6. The van der Waals surface area contributed by atoms with E-state index < -0.39 is 27.6 Å². The van der Waals surface area contributed by atoms with E-state index in [1.807, 2.05) is 0 Å². The summed E-state index contributed by atoms with van der Waals surface area (Å²) in [7, 11) is 0. The molecular weight excluding hydrogens is 252 g/mol. The quantitative estimate of drug-likeness (QED) is 0.423. The lowest BCUT2D eigenvalue weighted by Crippen LogP contribution is -2.18. The van der Waals surface area contributed by atoms with Gasteiger partial charge >= 0.3 is 0 Å². The monoisotopic (exact) mass is 259 g/mol. The van der Waals surface area contributed by atoms with E-state index in [0.29, 0.717) is 0 Å². The van der Waals surface area contributed by atoms with Crippen LogP contribution in [0.3, 0.4) is 0 Å². The average Bonchev–Trinajstić information content (AvgIpc) is 2.27. The Labute approximate surface area is 99.2 Å². The molecule has 1 atom stereocenters. The summed E-state index contributed by atoms with van der Waals surface area (Å²) in [5, 5.41) is 29.8. The summed E-state index contributed by atoms with van der Waals surface area (Å²) in [5.74, 6) is 0. The van der Waals surface area contributed by atoms with Crippen molar-refractivity contribution in [1.29, 1.82) is 0 Å². The Morgan fingerprint density at radius 3 is 2.00 bits per heavy atom. The second-order valence-electron chi connectivity index (χ2n) is 3.18. The van der Waals surface area contributed by atoms with Crippen LogP contribution in [0.5, 0.6) is 0 Å². The first-order valence-electron chi connectivity index (χ1n) is 4.57. The van der Waals surface area contributed by atoms with E-state index in [1.54, 1.807) is 0 Å². The molecular formula is C8H7N3O7. The number of nitro benzene ring substituents is 1. The number of non-ortho nitro benzene ring substituents is 1. The predicted octanol–water partition coefficient (Wildman–Crippen LogP) is 1.12. The smallest absolute Gasteiger partial charge is 0.295 e. The zero-order valence-corrected chi connectivity index (χ0v) is 8.79. The summed E-state index contributed by atoms with van der Waals surface area (Å²) in [6.45, 7) is -0.807. The highest BCUT2D eigenvalue weighted by Gasteiger charge is 2.22. The van der Waals surface area contributed by atoms with E-state index in [0.717, 1.165) is 12.1 Å². The molecule has 18 heavy (non-hydrogen) atoms. The van der Waals surface area contributed by atoms with E-state index in [9.17, 15) is 30.3 Å². The molecule has 0 aromatic heterocycles. The molecule has 1 aromatic rings. The van der Waals surface area contributed by atoms with E-state index in [4.69, 9.17) is 0 Å². The van der Waals surface area contributed by atoms with Crippen molar-refractivity contribution in [3.63, 3.8) is 0 Å². The van der Waals surface area contributed by atoms with Gasteiger partial charge in [0.25, 0.3) is 10.8 Å². The summed E-state index contributed by atoms with van der Waals surface area (Å²) in [6.07, 6.45) is -1.39. The molecule has 10 nitrogen and oxygen atoms in total. The summed E-state index contributed by atoms with van der Waals surface area (Å²) in [4.78, 5) is 33.7. The van der Waals surface area contributed by atoms with Gasteiger partial charge in [-0.15, -0.1) is 10.1 Å². The largest absolute Gasteiger partial charge is 0.299 e. The molecule has 0 saturated carbocycles. The van der Waals surface area contributed by atoms with Crippen LogP contribution in [-0.2, 0) is 4.84 Å². The summed E-state index contributed by atoms with van der Waals surface area (Å²) in [5.41, 5.74) is -0.103. The number of nitro groups is 2. The van der Waals surface area contributed by atoms with Crippen LogP contribution in [0.1, 0.15) is 11.7 Å². The zero-order valence-electron chi connectivity index (χ0n) is 8.79. The Bertz CT molecular complexity index is 456. The van der Waals surface area contributed by atoms with Crippen molar-refractivity contribution in [2.45, 2.75) is 6.10 Å². The van der Waals surface area contributed by atoms with Gasteiger partial charge in [0.05, 0.1) is 4.92 Å². The Kier molecular flexibility index (Phi) is 4.07. The molecule has 0 saturated heterocycles. The highest BCUT2D eigenvalue weighted by Crippen LogP contribution is 2.21. The van der Waals surface area contributed by atoms with Gasteiger partial charge in [0.1, 0.15) is 0 Å². The molecule has 0 aliphatic carbocycles. The summed E-state index contributed by atoms with van der Waals surface area (Å²) < 4.78 is 0. The van der Waals surface area contributed by atoms with Crippen molar-refractivity contribution in [3.8, 4) is 0 Å². The van der Waals surface area contributed by atoms with E-state index in [2.05, 4.69) is 4.84 Å². The standard InChI is InChI=1S/C8H7N3O7/c12-9(13)5-8(18-11(16)17)6-1-3-7(4-2-6)10(14)15/h1-4,8H,5H2/i9+1,11+1. The van der Waals surface area contributed by atoms with Gasteiger partial charge in [-0.3, -0.25) is 25.1 Å². The molecule has 10 heteroatoms. The third kappa shape index (κ3) is 3.66. The van der Waals surface area contributed by atoms with Crippen LogP contribution in [0.25, 0.3) is 0 Å². The Morgan fingerprint density at radius 2 is 1.61 bits per heavy atom. The molecule has 0 aliphatic heterocycles. The topological polar surface area (TPSA) is 139 Å². The molecule has 0 bridgehead atoms. The molecule has 0 aliphatic rings. The summed E-state index contributed by atoms with van der Waals surface area (Å²) in [6, 6.07) is 4.53. The second-order valence-corrected chi connectivity index (χ2v) is 3.18. The molecule has 0 heterocycles. The minimum Gasteiger partial charge on any atom is -0.299 e. The minimum absolute atomic E-state index is 0.119. The first-order chi connectivity index (χ1) is 8.40. The van der Waals surface area contributed by atoms with Crippen LogP contribution in [0.15, 0.2) is 24.3 Å². The minimum atomic E-state index is -1.39. The fourth-order valence-corrected chi connectivity index (χ4v) is 1.25.